The molecule has 0 fully saturated rings. The van der Waals surface area contributed by atoms with Gasteiger partial charge in [-0.2, -0.15) is 0 Å². The summed E-state index contributed by atoms with van der Waals surface area (Å²) in [6, 6.07) is 11.7. The Bertz CT molecular complexity index is 978. The van der Waals surface area contributed by atoms with Crippen LogP contribution in [0.3, 0.4) is 0 Å². The Labute approximate surface area is 156 Å². The number of halogens is 1. The molecule has 2 aromatic carbocycles. The van der Waals surface area contributed by atoms with E-state index in [4.69, 9.17) is 14.7 Å². The van der Waals surface area contributed by atoms with Gasteiger partial charge in [-0.1, -0.05) is 11.2 Å². The summed E-state index contributed by atoms with van der Waals surface area (Å²) in [5.74, 6) is 2.52. The molecule has 0 unspecified atom stereocenters. The second-order valence-corrected chi connectivity index (χ2v) is 6.62. The van der Waals surface area contributed by atoms with Gasteiger partial charge in [0.15, 0.2) is 17.3 Å². The fourth-order valence-corrected chi connectivity index (χ4v) is 3.09. The van der Waals surface area contributed by atoms with Crippen molar-refractivity contribution >= 4 is 45.5 Å². The Kier molecular flexibility index (Phi) is 4.26. The lowest BCUT2D eigenvalue weighted by atomic mass is 10.2. The third kappa shape index (κ3) is 3.29. The maximum atomic E-state index is 8.77. The number of rotatable bonds is 4. The van der Waals surface area contributed by atoms with E-state index in [9.17, 15) is 0 Å². The number of oxime groups is 1. The Balaban J connectivity index is 1.66. The van der Waals surface area contributed by atoms with Crippen LogP contribution < -0.4 is 14.8 Å². The van der Waals surface area contributed by atoms with Crippen LogP contribution >= 0.6 is 22.6 Å². The van der Waals surface area contributed by atoms with Gasteiger partial charge in [0.25, 0.3) is 0 Å². The van der Waals surface area contributed by atoms with Gasteiger partial charge in [-0.25, -0.2) is 9.97 Å². The Morgan fingerprint density at radius 1 is 1.16 bits per heavy atom. The topological polar surface area (TPSA) is 88.9 Å². The van der Waals surface area contributed by atoms with Gasteiger partial charge in [-0.3, -0.25) is 0 Å². The molecule has 3 aromatic rings. The van der Waals surface area contributed by atoms with Gasteiger partial charge < -0.3 is 20.0 Å². The van der Waals surface area contributed by atoms with E-state index in [-0.39, 0.29) is 6.79 Å². The number of benzene rings is 2. The lowest BCUT2D eigenvalue weighted by molar-refractivity contribution is 0.174. The zero-order chi connectivity index (χ0) is 17.2. The molecule has 2 N–H and O–H groups in total. The molecule has 25 heavy (non-hydrogen) atoms. The first-order valence-electron chi connectivity index (χ1n) is 7.50. The van der Waals surface area contributed by atoms with Crippen molar-refractivity contribution in [3.05, 3.63) is 51.4 Å². The minimum Gasteiger partial charge on any atom is -0.454 e. The number of nitrogens with zero attached hydrogens (tertiary/aromatic N) is 3. The maximum absolute atomic E-state index is 8.77. The lowest BCUT2D eigenvalue weighted by Gasteiger charge is -2.10. The summed E-state index contributed by atoms with van der Waals surface area (Å²) < 4.78 is 11.8. The number of aromatic nitrogens is 2. The molecule has 7 nitrogen and oxygen atoms in total. The highest BCUT2D eigenvalue weighted by Gasteiger charge is 2.13. The van der Waals surface area contributed by atoms with E-state index in [1.807, 2.05) is 36.4 Å². The molecule has 0 amide bonds. The molecule has 8 heteroatoms. The van der Waals surface area contributed by atoms with E-state index in [1.165, 1.54) is 6.21 Å². The Hall–Kier alpha value is -2.62. The molecule has 4 rings (SSSR count). The van der Waals surface area contributed by atoms with E-state index in [2.05, 4.69) is 43.0 Å². The standard InChI is InChI=1S/C17H13IN4O3/c18-11-2-3-13-12(6-11)17(22-16(21-13)8-20-23)19-7-10-1-4-14-15(5-10)25-9-24-14/h1-6,8,23H,7,9H2,(H,19,21,22)/b20-8+. The third-order valence-electron chi connectivity index (χ3n) is 3.75. The van der Waals surface area contributed by atoms with E-state index < -0.39 is 0 Å². The Morgan fingerprint density at radius 2 is 2.04 bits per heavy atom. The summed E-state index contributed by atoms with van der Waals surface area (Å²) >= 11 is 2.25. The van der Waals surface area contributed by atoms with Gasteiger partial charge in [-0.05, 0) is 58.5 Å². The molecule has 0 spiro atoms. The molecule has 0 atom stereocenters. The van der Waals surface area contributed by atoms with Crippen LogP contribution in [0.15, 0.2) is 41.6 Å². The number of ether oxygens (including phenoxy) is 2. The van der Waals surface area contributed by atoms with Crippen molar-refractivity contribution in [2.75, 3.05) is 12.1 Å². The number of nitrogens with one attached hydrogen (secondary N) is 1. The van der Waals surface area contributed by atoms with Gasteiger partial charge in [0.05, 0.1) is 5.52 Å². The summed E-state index contributed by atoms with van der Waals surface area (Å²) in [6.07, 6.45) is 1.21. The SMILES string of the molecule is O/N=C/c1nc(NCc2ccc3c(c2)OCO3)c2cc(I)ccc2n1. The minimum atomic E-state index is 0.255. The van der Waals surface area contributed by atoms with Crippen molar-refractivity contribution in [2.24, 2.45) is 5.16 Å². The second kappa shape index (κ2) is 6.71. The zero-order valence-corrected chi connectivity index (χ0v) is 15.1. The number of fused-ring (bicyclic) bond motifs is 2. The quantitative estimate of drug-likeness (QED) is 0.276. The first-order chi connectivity index (χ1) is 12.2. The van der Waals surface area contributed by atoms with Gasteiger partial charge in [0.1, 0.15) is 12.0 Å². The molecular formula is C17H13IN4O3. The van der Waals surface area contributed by atoms with Crippen LogP contribution in [0.1, 0.15) is 11.4 Å². The highest BCUT2D eigenvalue weighted by molar-refractivity contribution is 14.1. The van der Waals surface area contributed by atoms with E-state index in [1.54, 1.807) is 0 Å². The van der Waals surface area contributed by atoms with E-state index in [0.29, 0.717) is 18.2 Å². The second-order valence-electron chi connectivity index (χ2n) is 5.38. The van der Waals surface area contributed by atoms with Crippen LogP contribution in [0.25, 0.3) is 10.9 Å². The molecule has 0 aliphatic carbocycles. The third-order valence-corrected chi connectivity index (χ3v) is 4.42. The minimum absolute atomic E-state index is 0.255. The van der Waals surface area contributed by atoms with Crippen molar-refractivity contribution < 1.29 is 14.7 Å². The fourth-order valence-electron chi connectivity index (χ4n) is 2.60. The van der Waals surface area contributed by atoms with Gasteiger partial charge in [0.2, 0.25) is 6.79 Å². The van der Waals surface area contributed by atoms with Gasteiger partial charge >= 0.3 is 0 Å². The highest BCUT2D eigenvalue weighted by atomic mass is 127. The summed E-state index contributed by atoms with van der Waals surface area (Å²) in [7, 11) is 0. The average molecular weight is 448 g/mol. The molecular weight excluding hydrogens is 435 g/mol. The van der Waals surface area contributed by atoms with Crippen LogP contribution in [0.2, 0.25) is 0 Å². The summed E-state index contributed by atoms with van der Waals surface area (Å²) in [4.78, 5) is 8.80. The average Bonchev–Trinajstić information content (AvgIpc) is 3.08. The van der Waals surface area contributed by atoms with Crippen molar-refractivity contribution in [1.82, 2.24) is 9.97 Å². The predicted molar refractivity (Wildman–Crippen MR) is 102 cm³/mol. The molecule has 2 heterocycles. The fraction of sp³-hybridized carbons (Fsp3) is 0.118. The van der Waals surface area contributed by atoms with Gasteiger partial charge in [0, 0.05) is 15.5 Å². The predicted octanol–water partition coefficient (Wildman–Crippen LogP) is 3.38. The summed E-state index contributed by atoms with van der Waals surface area (Å²) in [6.45, 7) is 0.814. The molecule has 1 aromatic heterocycles. The molecule has 0 bridgehead atoms. The first kappa shape index (κ1) is 15.9. The first-order valence-corrected chi connectivity index (χ1v) is 8.58. The molecule has 0 radical (unpaired) electrons. The number of hydrogen-bond donors (Lipinski definition) is 2. The van der Waals surface area contributed by atoms with Crippen LogP contribution in [0.4, 0.5) is 5.82 Å². The smallest absolute Gasteiger partial charge is 0.231 e. The lowest BCUT2D eigenvalue weighted by Crippen LogP contribution is -2.05. The molecule has 1 aliphatic heterocycles. The maximum Gasteiger partial charge on any atom is 0.231 e. The van der Waals surface area contributed by atoms with Crippen LogP contribution in [-0.2, 0) is 6.54 Å². The van der Waals surface area contributed by atoms with Gasteiger partial charge in [-0.15, -0.1) is 0 Å². The van der Waals surface area contributed by atoms with E-state index in [0.717, 1.165) is 31.5 Å². The monoisotopic (exact) mass is 448 g/mol. The molecule has 0 saturated heterocycles. The van der Waals surface area contributed by atoms with Crippen molar-refractivity contribution in [1.29, 1.82) is 0 Å². The van der Waals surface area contributed by atoms with Crippen molar-refractivity contribution in [3.8, 4) is 11.5 Å². The van der Waals surface area contributed by atoms with E-state index >= 15 is 0 Å². The van der Waals surface area contributed by atoms with Crippen LogP contribution in [0.5, 0.6) is 11.5 Å². The number of hydrogen-bond acceptors (Lipinski definition) is 7. The number of anilines is 1. The highest BCUT2D eigenvalue weighted by Crippen LogP contribution is 2.32. The summed E-state index contributed by atoms with van der Waals surface area (Å²) in [5, 5.41) is 16.0. The normalized spacial score (nSPS) is 12.8. The van der Waals surface area contributed by atoms with Crippen LogP contribution in [-0.4, -0.2) is 28.2 Å². The largest absolute Gasteiger partial charge is 0.454 e. The Morgan fingerprint density at radius 3 is 2.92 bits per heavy atom. The zero-order valence-electron chi connectivity index (χ0n) is 12.9. The van der Waals surface area contributed by atoms with Crippen molar-refractivity contribution in [2.45, 2.75) is 6.54 Å². The molecule has 126 valence electrons. The molecule has 1 aliphatic rings. The van der Waals surface area contributed by atoms with Crippen LogP contribution in [0, 0.1) is 3.57 Å². The van der Waals surface area contributed by atoms with Crippen molar-refractivity contribution in [3.63, 3.8) is 0 Å². The molecule has 0 saturated carbocycles. The summed E-state index contributed by atoms with van der Waals surface area (Å²) in [5.41, 5.74) is 1.82.